The normalized spacial score (nSPS) is 16.1. The molecule has 0 rings (SSSR count). The lowest BCUT2D eigenvalue weighted by Crippen LogP contribution is -2.47. The van der Waals surface area contributed by atoms with E-state index in [-0.39, 0.29) is 6.61 Å². The van der Waals surface area contributed by atoms with Crippen LogP contribution >= 0.6 is 0 Å². The maximum atomic E-state index is 11.7. The Morgan fingerprint density at radius 2 is 2.07 bits per heavy atom. The molecule has 4 nitrogen and oxygen atoms in total. The van der Waals surface area contributed by atoms with Crippen LogP contribution in [0.3, 0.4) is 0 Å². The lowest BCUT2D eigenvalue weighted by atomic mass is 10.3. The van der Waals surface area contributed by atoms with Crippen LogP contribution in [0.15, 0.2) is 0 Å². The van der Waals surface area contributed by atoms with Crippen LogP contribution in [-0.4, -0.2) is 36.1 Å². The third-order valence-corrected chi connectivity index (χ3v) is 1.38. The quantitative estimate of drug-likeness (QED) is 0.668. The largest absolute Gasteiger partial charge is 0.471 e. The fourth-order valence-electron chi connectivity index (χ4n) is 0.675. The molecule has 0 aliphatic heterocycles. The van der Waals surface area contributed by atoms with Gasteiger partial charge in [-0.25, -0.2) is 0 Å². The number of hydrogen-bond acceptors (Lipinski definition) is 3. The number of alkyl halides is 3. The highest BCUT2D eigenvalue weighted by Gasteiger charge is 2.39. The molecule has 84 valence electrons. The summed E-state index contributed by atoms with van der Waals surface area (Å²) in [5.74, 6) is -2.09. The molecule has 0 radical (unpaired) electrons. The Morgan fingerprint density at radius 1 is 1.57 bits per heavy atom. The van der Waals surface area contributed by atoms with Gasteiger partial charge in [0.2, 0.25) is 0 Å². The van der Waals surface area contributed by atoms with E-state index in [1.165, 1.54) is 6.92 Å². The van der Waals surface area contributed by atoms with Crippen LogP contribution in [0, 0.1) is 0 Å². The van der Waals surface area contributed by atoms with Gasteiger partial charge in [0.15, 0.2) is 6.29 Å². The molecule has 0 saturated carbocycles. The third kappa shape index (κ3) is 4.43. The molecule has 0 spiro atoms. The monoisotopic (exact) mass is 215 g/mol. The number of nitrogens with one attached hydrogen (secondary N) is 1. The first kappa shape index (κ1) is 13.2. The summed E-state index contributed by atoms with van der Waals surface area (Å²) < 4.78 is 39.8. The molecule has 7 heteroatoms. The topological polar surface area (TPSA) is 58.6 Å². The number of hydrogen-bond donors (Lipinski definition) is 2. The average molecular weight is 215 g/mol. The Labute approximate surface area is 79.0 Å². The smallest absolute Gasteiger partial charge is 0.366 e. The van der Waals surface area contributed by atoms with Gasteiger partial charge in [0.05, 0.1) is 6.04 Å². The van der Waals surface area contributed by atoms with Gasteiger partial charge in [-0.15, -0.1) is 0 Å². The maximum Gasteiger partial charge on any atom is 0.471 e. The molecule has 1 amide bonds. The van der Waals surface area contributed by atoms with Crippen molar-refractivity contribution in [2.75, 3.05) is 6.61 Å². The van der Waals surface area contributed by atoms with Crippen molar-refractivity contribution in [1.82, 2.24) is 5.32 Å². The number of halogens is 3. The molecule has 2 N–H and O–H groups in total. The van der Waals surface area contributed by atoms with Gasteiger partial charge < -0.3 is 15.2 Å². The van der Waals surface area contributed by atoms with Gasteiger partial charge in [-0.1, -0.05) is 0 Å². The molecule has 0 aliphatic rings. The summed E-state index contributed by atoms with van der Waals surface area (Å²) in [4.78, 5) is 10.4. The summed E-state index contributed by atoms with van der Waals surface area (Å²) in [6.45, 7) is 2.93. The highest BCUT2D eigenvalue weighted by atomic mass is 19.4. The minimum Gasteiger partial charge on any atom is -0.366 e. The number of carbonyl (C=O) groups is 1. The Hall–Kier alpha value is -0.820. The van der Waals surface area contributed by atoms with E-state index in [1.54, 1.807) is 12.2 Å². The van der Waals surface area contributed by atoms with Crippen LogP contribution in [0.2, 0.25) is 0 Å². The van der Waals surface area contributed by atoms with E-state index in [9.17, 15) is 18.0 Å². The minimum absolute atomic E-state index is 0.146. The standard InChI is InChI=1S/C7H12F3NO3/c1-3-14-5(12)4(2)11-6(13)7(8,9)10/h4-5,12H,3H2,1-2H3,(H,11,13)/t4-,5+/m0/s1. The molecular formula is C7H12F3NO3. The molecule has 0 fully saturated rings. The second-order valence-electron chi connectivity index (χ2n) is 2.61. The fraction of sp³-hybridized carbons (Fsp3) is 0.857. The molecule has 0 bridgehead atoms. The first-order valence-electron chi connectivity index (χ1n) is 3.96. The van der Waals surface area contributed by atoms with Crippen LogP contribution in [-0.2, 0) is 9.53 Å². The van der Waals surface area contributed by atoms with Crippen molar-refractivity contribution < 1.29 is 27.8 Å². The van der Waals surface area contributed by atoms with Gasteiger partial charge >= 0.3 is 12.1 Å². The number of aliphatic hydroxyl groups is 1. The van der Waals surface area contributed by atoms with Gasteiger partial charge in [0.1, 0.15) is 0 Å². The summed E-state index contributed by atoms with van der Waals surface area (Å²) >= 11 is 0. The third-order valence-electron chi connectivity index (χ3n) is 1.38. The van der Waals surface area contributed by atoms with Crippen molar-refractivity contribution in [3.05, 3.63) is 0 Å². The van der Waals surface area contributed by atoms with Gasteiger partial charge in [-0.3, -0.25) is 4.79 Å². The van der Waals surface area contributed by atoms with E-state index in [0.29, 0.717) is 0 Å². The molecule has 14 heavy (non-hydrogen) atoms. The number of amides is 1. The SMILES string of the molecule is CCO[C@@H](O)[C@H](C)NC(=O)C(F)(F)F. The molecule has 0 aromatic heterocycles. The van der Waals surface area contributed by atoms with Gasteiger partial charge in [0, 0.05) is 6.61 Å². The minimum atomic E-state index is -4.94. The molecule has 0 heterocycles. The van der Waals surface area contributed by atoms with Crippen LogP contribution in [0.1, 0.15) is 13.8 Å². The summed E-state index contributed by atoms with van der Waals surface area (Å²) in [5.41, 5.74) is 0. The van der Waals surface area contributed by atoms with E-state index in [1.807, 2.05) is 0 Å². The summed E-state index contributed by atoms with van der Waals surface area (Å²) in [6.07, 6.45) is -6.38. The predicted molar refractivity (Wildman–Crippen MR) is 41.3 cm³/mol. The Morgan fingerprint density at radius 3 is 2.43 bits per heavy atom. The summed E-state index contributed by atoms with van der Waals surface area (Å²) in [7, 11) is 0. The van der Waals surface area contributed by atoms with Crippen molar-refractivity contribution in [2.24, 2.45) is 0 Å². The van der Waals surface area contributed by atoms with E-state index < -0.39 is 24.4 Å². The molecule has 0 aromatic carbocycles. The average Bonchev–Trinajstić information content (AvgIpc) is 2.02. The van der Waals surface area contributed by atoms with Crippen LogP contribution in [0.25, 0.3) is 0 Å². The maximum absolute atomic E-state index is 11.7. The molecule has 0 aliphatic carbocycles. The van der Waals surface area contributed by atoms with Gasteiger partial charge in [0.25, 0.3) is 0 Å². The summed E-state index contributed by atoms with van der Waals surface area (Å²) in [5, 5.41) is 10.6. The predicted octanol–water partition coefficient (Wildman–Crippen LogP) is 0.408. The molecule has 0 unspecified atom stereocenters. The second kappa shape index (κ2) is 5.16. The molecular weight excluding hydrogens is 203 g/mol. The molecule has 0 aromatic rings. The van der Waals surface area contributed by atoms with Crippen molar-refractivity contribution in [3.8, 4) is 0 Å². The van der Waals surface area contributed by atoms with Crippen LogP contribution in [0.5, 0.6) is 0 Å². The lowest BCUT2D eigenvalue weighted by molar-refractivity contribution is -0.178. The van der Waals surface area contributed by atoms with Crippen molar-refractivity contribution in [3.63, 3.8) is 0 Å². The van der Waals surface area contributed by atoms with E-state index in [4.69, 9.17) is 5.11 Å². The molecule has 0 saturated heterocycles. The van der Waals surface area contributed by atoms with Gasteiger partial charge in [-0.05, 0) is 13.8 Å². The van der Waals surface area contributed by atoms with Crippen molar-refractivity contribution in [2.45, 2.75) is 32.4 Å². The Bertz CT molecular complexity index is 195. The first-order valence-corrected chi connectivity index (χ1v) is 3.96. The van der Waals surface area contributed by atoms with E-state index in [0.717, 1.165) is 0 Å². The highest BCUT2D eigenvalue weighted by molar-refractivity contribution is 5.81. The Balaban J connectivity index is 4.06. The zero-order valence-corrected chi connectivity index (χ0v) is 7.76. The second-order valence-corrected chi connectivity index (χ2v) is 2.61. The number of rotatable bonds is 4. The van der Waals surface area contributed by atoms with Gasteiger partial charge in [-0.2, -0.15) is 13.2 Å². The number of ether oxygens (including phenoxy) is 1. The van der Waals surface area contributed by atoms with Crippen molar-refractivity contribution >= 4 is 5.91 Å². The Kier molecular flexibility index (Phi) is 4.86. The fourth-order valence-corrected chi connectivity index (χ4v) is 0.675. The van der Waals surface area contributed by atoms with Crippen LogP contribution in [0.4, 0.5) is 13.2 Å². The number of carbonyl (C=O) groups excluding carboxylic acids is 1. The molecule has 2 atom stereocenters. The van der Waals surface area contributed by atoms with Crippen LogP contribution < -0.4 is 5.32 Å². The van der Waals surface area contributed by atoms with Crippen molar-refractivity contribution in [1.29, 1.82) is 0 Å². The zero-order valence-electron chi connectivity index (χ0n) is 7.76. The van der Waals surface area contributed by atoms with E-state index >= 15 is 0 Å². The summed E-state index contributed by atoms with van der Waals surface area (Å²) in [6, 6.07) is -1.11. The number of aliphatic hydroxyl groups excluding tert-OH is 1. The highest BCUT2D eigenvalue weighted by Crippen LogP contribution is 2.14. The van der Waals surface area contributed by atoms with E-state index in [2.05, 4.69) is 4.74 Å². The first-order chi connectivity index (χ1) is 6.29. The lowest BCUT2D eigenvalue weighted by Gasteiger charge is -2.20. The zero-order chi connectivity index (χ0) is 11.4.